The molecule has 0 fully saturated rings. The first-order valence-electron chi connectivity index (χ1n) is 6.46. The van der Waals surface area contributed by atoms with E-state index >= 15 is 0 Å². The Balaban J connectivity index is 2.09. The van der Waals surface area contributed by atoms with E-state index in [4.69, 9.17) is 0 Å². The molecule has 0 saturated heterocycles. The third-order valence-electron chi connectivity index (χ3n) is 3.17. The van der Waals surface area contributed by atoms with E-state index in [1.54, 1.807) is 18.2 Å². The number of H-pyrrole nitrogens is 1. The van der Waals surface area contributed by atoms with Gasteiger partial charge in [0.15, 0.2) is 0 Å². The van der Waals surface area contributed by atoms with Crippen molar-refractivity contribution in [3.05, 3.63) is 40.1 Å². The summed E-state index contributed by atoms with van der Waals surface area (Å²) in [6.07, 6.45) is 5.93. The summed E-state index contributed by atoms with van der Waals surface area (Å²) in [7, 11) is 0. The molecule has 0 bridgehead atoms. The molecule has 0 aliphatic heterocycles. The van der Waals surface area contributed by atoms with Crippen LogP contribution in [-0.2, 0) is 6.42 Å². The van der Waals surface area contributed by atoms with E-state index in [1.165, 1.54) is 31.4 Å². The second-order valence-electron chi connectivity index (χ2n) is 4.63. The highest BCUT2D eigenvalue weighted by Gasteiger charge is 2.08. The molecule has 1 heterocycles. The Morgan fingerprint density at radius 3 is 2.78 bits per heavy atom. The van der Waals surface area contributed by atoms with Crippen LogP contribution in [0, 0.1) is 10.1 Å². The van der Waals surface area contributed by atoms with Crippen molar-refractivity contribution in [2.24, 2.45) is 0 Å². The highest BCUT2D eigenvalue weighted by molar-refractivity contribution is 5.82. The van der Waals surface area contributed by atoms with E-state index < -0.39 is 0 Å². The van der Waals surface area contributed by atoms with E-state index in [2.05, 4.69) is 11.9 Å². The summed E-state index contributed by atoms with van der Waals surface area (Å²) < 4.78 is 0. The summed E-state index contributed by atoms with van der Waals surface area (Å²) in [4.78, 5) is 13.7. The van der Waals surface area contributed by atoms with Gasteiger partial charge in [-0.25, -0.2) is 0 Å². The second kappa shape index (κ2) is 5.67. The lowest BCUT2D eigenvalue weighted by Crippen LogP contribution is -1.86. The molecule has 1 aromatic heterocycles. The Morgan fingerprint density at radius 2 is 2.06 bits per heavy atom. The SMILES string of the molecule is CCCCCCc1cc2cc([N+](=O)[O-])ccc2[nH]1. The zero-order chi connectivity index (χ0) is 13.0. The van der Waals surface area contributed by atoms with Gasteiger partial charge in [0.05, 0.1) is 4.92 Å². The van der Waals surface area contributed by atoms with Crippen molar-refractivity contribution in [1.29, 1.82) is 0 Å². The summed E-state index contributed by atoms with van der Waals surface area (Å²) in [6.45, 7) is 2.20. The maximum Gasteiger partial charge on any atom is 0.270 e. The molecule has 0 radical (unpaired) electrons. The molecule has 1 aromatic carbocycles. The number of nitro groups is 1. The van der Waals surface area contributed by atoms with Crippen LogP contribution in [0.15, 0.2) is 24.3 Å². The molecule has 1 N–H and O–H groups in total. The standard InChI is InChI=1S/C14H18N2O2/c1-2-3-4-5-6-12-9-11-10-13(16(17)18)7-8-14(11)15-12/h7-10,15H,2-6H2,1H3. The number of non-ortho nitro benzene ring substituents is 1. The number of rotatable bonds is 6. The lowest BCUT2D eigenvalue weighted by Gasteiger charge is -1.96. The fourth-order valence-electron chi connectivity index (χ4n) is 2.17. The van der Waals surface area contributed by atoms with Crippen molar-refractivity contribution in [2.75, 3.05) is 0 Å². The maximum atomic E-state index is 10.7. The number of benzene rings is 1. The summed E-state index contributed by atoms with van der Waals surface area (Å²) in [5.41, 5.74) is 2.30. The van der Waals surface area contributed by atoms with Crippen molar-refractivity contribution in [3.63, 3.8) is 0 Å². The van der Waals surface area contributed by atoms with Gasteiger partial charge >= 0.3 is 0 Å². The molecule has 0 atom stereocenters. The van der Waals surface area contributed by atoms with Gasteiger partial charge in [-0.15, -0.1) is 0 Å². The molecule has 96 valence electrons. The van der Waals surface area contributed by atoms with Crippen molar-refractivity contribution < 1.29 is 4.92 Å². The number of nitrogens with one attached hydrogen (secondary N) is 1. The van der Waals surface area contributed by atoms with Crippen LogP contribution in [0.4, 0.5) is 5.69 Å². The average molecular weight is 246 g/mol. The smallest absolute Gasteiger partial charge is 0.270 e. The molecule has 0 spiro atoms. The molecular weight excluding hydrogens is 228 g/mol. The predicted octanol–water partition coefficient (Wildman–Crippen LogP) is 4.20. The van der Waals surface area contributed by atoms with Crippen LogP contribution >= 0.6 is 0 Å². The van der Waals surface area contributed by atoms with Gasteiger partial charge in [0.2, 0.25) is 0 Å². The largest absolute Gasteiger partial charge is 0.358 e. The Kier molecular flexibility index (Phi) is 3.97. The summed E-state index contributed by atoms with van der Waals surface area (Å²) in [6, 6.07) is 6.97. The van der Waals surface area contributed by atoms with Crippen LogP contribution in [0.1, 0.15) is 38.3 Å². The van der Waals surface area contributed by atoms with Gasteiger partial charge in [-0.2, -0.15) is 0 Å². The van der Waals surface area contributed by atoms with Gasteiger partial charge in [0, 0.05) is 28.7 Å². The Bertz CT molecular complexity index is 546. The number of unbranched alkanes of at least 4 members (excludes halogenated alkanes) is 3. The van der Waals surface area contributed by atoms with Gasteiger partial charge in [-0.1, -0.05) is 26.2 Å². The number of aryl methyl sites for hydroxylation is 1. The van der Waals surface area contributed by atoms with Crippen LogP contribution in [-0.4, -0.2) is 9.91 Å². The predicted molar refractivity (Wildman–Crippen MR) is 72.8 cm³/mol. The molecule has 2 rings (SSSR count). The third-order valence-corrected chi connectivity index (χ3v) is 3.17. The highest BCUT2D eigenvalue weighted by Crippen LogP contribution is 2.22. The molecule has 0 unspecified atom stereocenters. The molecule has 0 amide bonds. The lowest BCUT2D eigenvalue weighted by atomic mass is 10.1. The Morgan fingerprint density at radius 1 is 1.22 bits per heavy atom. The van der Waals surface area contributed by atoms with Crippen LogP contribution in [0.2, 0.25) is 0 Å². The molecule has 18 heavy (non-hydrogen) atoms. The topological polar surface area (TPSA) is 58.9 Å². The fraction of sp³-hybridized carbons (Fsp3) is 0.429. The minimum atomic E-state index is -0.354. The minimum absolute atomic E-state index is 0.152. The monoisotopic (exact) mass is 246 g/mol. The fourth-order valence-corrected chi connectivity index (χ4v) is 2.17. The van der Waals surface area contributed by atoms with E-state index in [-0.39, 0.29) is 10.6 Å². The zero-order valence-electron chi connectivity index (χ0n) is 10.6. The van der Waals surface area contributed by atoms with E-state index in [1.807, 2.05) is 6.07 Å². The van der Waals surface area contributed by atoms with Crippen molar-refractivity contribution in [2.45, 2.75) is 39.0 Å². The van der Waals surface area contributed by atoms with Crippen molar-refractivity contribution >= 4 is 16.6 Å². The molecule has 0 aliphatic carbocycles. The van der Waals surface area contributed by atoms with E-state index in [9.17, 15) is 10.1 Å². The van der Waals surface area contributed by atoms with Gasteiger partial charge in [-0.3, -0.25) is 10.1 Å². The number of hydrogen-bond acceptors (Lipinski definition) is 2. The Labute approximate surface area is 106 Å². The molecule has 2 aromatic rings. The third kappa shape index (κ3) is 2.88. The maximum absolute atomic E-state index is 10.7. The molecule has 0 saturated carbocycles. The number of aromatic amines is 1. The Hall–Kier alpha value is -1.84. The molecule has 4 heteroatoms. The van der Waals surface area contributed by atoms with Crippen LogP contribution in [0.3, 0.4) is 0 Å². The van der Waals surface area contributed by atoms with Crippen LogP contribution < -0.4 is 0 Å². The lowest BCUT2D eigenvalue weighted by molar-refractivity contribution is -0.384. The first kappa shape index (κ1) is 12.6. The first-order valence-corrected chi connectivity index (χ1v) is 6.46. The zero-order valence-corrected chi connectivity index (χ0v) is 10.6. The first-order chi connectivity index (χ1) is 8.70. The average Bonchev–Trinajstić information content (AvgIpc) is 2.76. The van der Waals surface area contributed by atoms with Crippen molar-refractivity contribution in [3.8, 4) is 0 Å². The van der Waals surface area contributed by atoms with Crippen LogP contribution in [0.5, 0.6) is 0 Å². The highest BCUT2D eigenvalue weighted by atomic mass is 16.6. The number of fused-ring (bicyclic) bond motifs is 1. The number of nitro benzene ring substituents is 1. The van der Waals surface area contributed by atoms with Gasteiger partial charge in [0.25, 0.3) is 5.69 Å². The quantitative estimate of drug-likeness (QED) is 0.471. The van der Waals surface area contributed by atoms with E-state index in [0.29, 0.717) is 0 Å². The number of hydrogen-bond donors (Lipinski definition) is 1. The summed E-state index contributed by atoms with van der Waals surface area (Å²) >= 11 is 0. The minimum Gasteiger partial charge on any atom is -0.358 e. The normalized spacial score (nSPS) is 10.9. The number of nitrogens with zero attached hydrogens (tertiary/aromatic N) is 1. The van der Waals surface area contributed by atoms with Gasteiger partial charge < -0.3 is 4.98 Å². The van der Waals surface area contributed by atoms with Crippen LogP contribution in [0.25, 0.3) is 10.9 Å². The molecule has 4 nitrogen and oxygen atoms in total. The van der Waals surface area contributed by atoms with Crippen molar-refractivity contribution in [1.82, 2.24) is 4.98 Å². The molecular formula is C14H18N2O2. The summed E-state index contributed by atoms with van der Waals surface area (Å²) in [5, 5.41) is 11.6. The number of aromatic nitrogens is 1. The van der Waals surface area contributed by atoms with Gasteiger partial charge in [0.1, 0.15) is 0 Å². The molecule has 0 aliphatic rings. The second-order valence-corrected chi connectivity index (χ2v) is 4.63. The van der Waals surface area contributed by atoms with Gasteiger partial charge in [-0.05, 0) is 25.0 Å². The summed E-state index contributed by atoms with van der Waals surface area (Å²) in [5.74, 6) is 0. The van der Waals surface area contributed by atoms with E-state index in [0.717, 1.165) is 17.3 Å².